The molecule has 98 valence electrons. The van der Waals surface area contributed by atoms with Crippen LogP contribution in [0.4, 0.5) is 0 Å². The van der Waals surface area contributed by atoms with E-state index in [4.69, 9.17) is 0 Å². The van der Waals surface area contributed by atoms with Gasteiger partial charge in [-0.05, 0) is 18.4 Å². The monoisotopic (exact) mass is 264 g/mol. The summed E-state index contributed by atoms with van der Waals surface area (Å²) in [7, 11) is 0. The topological polar surface area (TPSA) is 63.0 Å². The number of hydrogen-bond donors (Lipinski definition) is 1. The Bertz CT molecular complexity index is 917. The molecule has 1 saturated carbocycles. The SMILES string of the molecule is O=c1[nH]c2c(n3c(C4CC4)nnc13)Cc1ccccc1-2. The molecule has 1 aromatic carbocycles. The molecule has 0 atom stereocenters. The van der Waals surface area contributed by atoms with Crippen molar-refractivity contribution in [3.8, 4) is 11.3 Å². The summed E-state index contributed by atoms with van der Waals surface area (Å²) < 4.78 is 1.99. The maximum atomic E-state index is 12.2. The van der Waals surface area contributed by atoms with E-state index in [1.165, 1.54) is 5.56 Å². The second kappa shape index (κ2) is 3.36. The molecule has 2 heterocycles. The minimum Gasteiger partial charge on any atom is -0.317 e. The van der Waals surface area contributed by atoms with Crippen molar-refractivity contribution in [2.24, 2.45) is 0 Å². The molecule has 0 saturated heterocycles. The zero-order valence-electron chi connectivity index (χ0n) is 10.8. The Hall–Kier alpha value is -2.43. The summed E-state index contributed by atoms with van der Waals surface area (Å²) in [5.41, 5.74) is 4.70. The van der Waals surface area contributed by atoms with E-state index in [-0.39, 0.29) is 5.56 Å². The highest BCUT2D eigenvalue weighted by molar-refractivity contribution is 5.73. The first-order valence-electron chi connectivity index (χ1n) is 6.91. The molecule has 2 aromatic heterocycles. The van der Waals surface area contributed by atoms with Crippen LogP contribution in [0.3, 0.4) is 0 Å². The minimum absolute atomic E-state index is 0.153. The van der Waals surface area contributed by atoms with Gasteiger partial charge in [0.05, 0.1) is 11.4 Å². The summed E-state index contributed by atoms with van der Waals surface area (Å²) in [4.78, 5) is 15.2. The van der Waals surface area contributed by atoms with Crippen LogP contribution in [-0.2, 0) is 6.42 Å². The second-order valence-corrected chi connectivity index (χ2v) is 5.60. The van der Waals surface area contributed by atoms with Gasteiger partial charge < -0.3 is 4.98 Å². The van der Waals surface area contributed by atoms with Gasteiger partial charge in [0.2, 0.25) is 5.65 Å². The lowest BCUT2D eigenvalue weighted by Gasteiger charge is -2.05. The minimum atomic E-state index is -0.153. The van der Waals surface area contributed by atoms with Gasteiger partial charge >= 0.3 is 0 Å². The molecule has 5 heteroatoms. The van der Waals surface area contributed by atoms with E-state index in [9.17, 15) is 4.79 Å². The van der Waals surface area contributed by atoms with Crippen molar-refractivity contribution < 1.29 is 0 Å². The number of H-pyrrole nitrogens is 1. The van der Waals surface area contributed by atoms with Gasteiger partial charge in [-0.1, -0.05) is 24.3 Å². The number of fused-ring (bicyclic) bond motifs is 5. The van der Waals surface area contributed by atoms with E-state index in [1.54, 1.807) is 0 Å². The third kappa shape index (κ3) is 1.20. The van der Waals surface area contributed by atoms with Crippen molar-refractivity contribution in [1.29, 1.82) is 0 Å². The van der Waals surface area contributed by atoms with Crippen LogP contribution >= 0.6 is 0 Å². The van der Waals surface area contributed by atoms with Crippen molar-refractivity contribution in [2.75, 3.05) is 0 Å². The molecule has 2 aliphatic rings. The molecule has 3 aromatic rings. The van der Waals surface area contributed by atoms with Gasteiger partial charge in [-0.25, -0.2) is 0 Å². The lowest BCUT2D eigenvalue weighted by Crippen LogP contribution is -2.14. The molecule has 5 nitrogen and oxygen atoms in total. The van der Waals surface area contributed by atoms with E-state index < -0.39 is 0 Å². The summed E-state index contributed by atoms with van der Waals surface area (Å²) in [5.74, 6) is 1.43. The molecule has 0 amide bonds. The largest absolute Gasteiger partial charge is 0.317 e. The predicted octanol–water partition coefficient (Wildman–Crippen LogP) is 1.87. The van der Waals surface area contributed by atoms with Crippen molar-refractivity contribution in [1.82, 2.24) is 19.6 Å². The fourth-order valence-corrected chi connectivity index (χ4v) is 3.16. The van der Waals surface area contributed by atoms with Crippen molar-refractivity contribution in [3.63, 3.8) is 0 Å². The Kier molecular flexibility index (Phi) is 1.74. The van der Waals surface area contributed by atoms with Gasteiger partial charge in [0.1, 0.15) is 5.82 Å². The van der Waals surface area contributed by atoms with Crippen molar-refractivity contribution in [3.05, 3.63) is 51.7 Å². The molecule has 0 bridgehead atoms. The van der Waals surface area contributed by atoms with Crippen LogP contribution in [0.5, 0.6) is 0 Å². The highest BCUT2D eigenvalue weighted by Crippen LogP contribution is 2.41. The van der Waals surface area contributed by atoms with Gasteiger partial charge in [0.25, 0.3) is 5.56 Å². The molecule has 0 spiro atoms. The number of benzene rings is 1. The van der Waals surface area contributed by atoms with Crippen molar-refractivity contribution in [2.45, 2.75) is 25.2 Å². The number of aromatic nitrogens is 4. The predicted molar refractivity (Wildman–Crippen MR) is 73.8 cm³/mol. The van der Waals surface area contributed by atoms with Crippen LogP contribution in [0.15, 0.2) is 29.1 Å². The summed E-state index contributed by atoms with van der Waals surface area (Å²) in [6.45, 7) is 0. The smallest absolute Gasteiger partial charge is 0.294 e. The molecule has 0 aliphatic heterocycles. The fraction of sp³-hybridized carbons (Fsp3) is 0.267. The summed E-state index contributed by atoms with van der Waals surface area (Å²) in [6, 6.07) is 8.21. The van der Waals surface area contributed by atoms with E-state index in [0.29, 0.717) is 11.6 Å². The van der Waals surface area contributed by atoms with E-state index in [2.05, 4.69) is 27.3 Å². The van der Waals surface area contributed by atoms with Gasteiger partial charge in [-0.2, -0.15) is 0 Å². The molecule has 20 heavy (non-hydrogen) atoms. The zero-order valence-corrected chi connectivity index (χ0v) is 10.8. The first-order chi connectivity index (χ1) is 9.83. The number of aromatic amines is 1. The van der Waals surface area contributed by atoms with Crippen LogP contribution in [0.1, 0.15) is 35.8 Å². The van der Waals surface area contributed by atoms with Crippen LogP contribution in [-0.4, -0.2) is 19.6 Å². The number of hydrogen-bond acceptors (Lipinski definition) is 3. The van der Waals surface area contributed by atoms with Crippen LogP contribution in [0.25, 0.3) is 16.9 Å². The first kappa shape index (κ1) is 10.4. The molecule has 5 rings (SSSR count). The van der Waals surface area contributed by atoms with Crippen LogP contribution < -0.4 is 5.56 Å². The summed E-state index contributed by atoms with van der Waals surface area (Å²) >= 11 is 0. The van der Waals surface area contributed by atoms with Crippen LogP contribution in [0, 0.1) is 0 Å². The van der Waals surface area contributed by atoms with E-state index in [1.807, 2.05) is 16.5 Å². The molecule has 2 aliphatic carbocycles. The van der Waals surface area contributed by atoms with Crippen LogP contribution in [0.2, 0.25) is 0 Å². The van der Waals surface area contributed by atoms with Gasteiger partial charge in [0, 0.05) is 17.9 Å². The van der Waals surface area contributed by atoms with Gasteiger partial charge in [-0.3, -0.25) is 9.20 Å². The third-order valence-corrected chi connectivity index (χ3v) is 4.28. The lowest BCUT2D eigenvalue weighted by atomic mass is 10.1. The molecular weight excluding hydrogens is 252 g/mol. The highest BCUT2D eigenvalue weighted by atomic mass is 16.1. The fourth-order valence-electron chi connectivity index (χ4n) is 3.16. The average molecular weight is 264 g/mol. The van der Waals surface area contributed by atoms with Gasteiger partial charge in [0.15, 0.2) is 0 Å². The average Bonchev–Trinajstić information content (AvgIpc) is 3.09. The van der Waals surface area contributed by atoms with Crippen molar-refractivity contribution >= 4 is 5.65 Å². The van der Waals surface area contributed by atoms with E-state index >= 15 is 0 Å². The number of rotatable bonds is 1. The Balaban J connectivity index is 1.92. The second-order valence-electron chi connectivity index (χ2n) is 5.60. The first-order valence-corrected chi connectivity index (χ1v) is 6.91. The third-order valence-electron chi connectivity index (χ3n) is 4.28. The normalized spacial score (nSPS) is 16.4. The Morgan fingerprint density at radius 1 is 1.20 bits per heavy atom. The maximum Gasteiger partial charge on any atom is 0.294 e. The maximum absolute atomic E-state index is 12.2. The number of nitrogens with zero attached hydrogens (tertiary/aromatic N) is 3. The highest BCUT2D eigenvalue weighted by Gasteiger charge is 2.32. The Morgan fingerprint density at radius 3 is 2.90 bits per heavy atom. The van der Waals surface area contributed by atoms with Gasteiger partial charge in [-0.15, -0.1) is 10.2 Å². The Morgan fingerprint density at radius 2 is 2.05 bits per heavy atom. The standard InChI is InChI=1S/C15H12N4O/c20-15-14-18-17-13(8-5-6-8)19(14)11-7-9-3-1-2-4-10(9)12(11)16-15/h1-4,8H,5-7H2,(H,16,20). The molecule has 1 fully saturated rings. The van der Waals surface area contributed by atoms with E-state index in [0.717, 1.165) is 42.0 Å². The summed E-state index contributed by atoms with van der Waals surface area (Å²) in [6.07, 6.45) is 3.13. The quantitative estimate of drug-likeness (QED) is 0.571. The molecule has 0 unspecified atom stereocenters. The molecule has 0 radical (unpaired) electrons. The molecular formula is C15H12N4O. The zero-order chi connectivity index (χ0) is 13.3. The summed E-state index contributed by atoms with van der Waals surface area (Å²) in [5, 5.41) is 8.34. The molecule has 1 N–H and O–H groups in total. The lowest BCUT2D eigenvalue weighted by molar-refractivity contribution is 0.866. The number of nitrogens with one attached hydrogen (secondary N) is 1. The Labute approximate surface area is 114 Å².